The van der Waals surface area contributed by atoms with E-state index >= 15 is 0 Å². The van der Waals surface area contributed by atoms with Gasteiger partial charge in [0, 0.05) is 6.04 Å². The summed E-state index contributed by atoms with van der Waals surface area (Å²) in [6.07, 6.45) is 2.33. The quantitative estimate of drug-likeness (QED) is 0.776. The molecule has 2 heteroatoms. The van der Waals surface area contributed by atoms with Gasteiger partial charge >= 0.3 is 0 Å². The molecular formula is C15H25NO. The molecule has 0 aliphatic heterocycles. The predicted molar refractivity (Wildman–Crippen MR) is 73.5 cm³/mol. The molecule has 1 unspecified atom stereocenters. The summed E-state index contributed by atoms with van der Waals surface area (Å²) in [5.74, 6) is 1.63. The Kier molecular flexibility index (Phi) is 6.06. The lowest BCUT2D eigenvalue weighted by Gasteiger charge is -2.21. The first-order valence-corrected chi connectivity index (χ1v) is 6.54. The van der Waals surface area contributed by atoms with Crippen LogP contribution in [0, 0.1) is 5.92 Å². The van der Waals surface area contributed by atoms with Crippen LogP contribution in [0.15, 0.2) is 24.3 Å². The average Bonchev–Trinajstić information content (AvgIpc) is 2.34. The third-order valence-electron chi connectivity index (χ3n) is 2.84. The van der Waals surface area contributed by atoms with Crippen molar-refractivity contribution in [2.45, 2.75) is 39.7 Å². The van der Waals surface area contributed by atoms with Gasteiger partial charge in [0.15, 0.2) is 0 Å². The third-order valence-corrected chi connectivity index (χ3v) is 2.84. The Bertz CT molecular complexity index is 322. The molecule has 0 aliphatic carbocycles. The van der Waals surface area contributed by atoms with Gasteiger partial charge in [0.25, 0.3) is 0 Å². The number of ether oxygens (including phenoxy) is 1. The molecule has 1 aromatic rings. The van der Waals surface area contributed by atoms with E-state index in [0.29, 0.717) is 12.0 Å². The Balaban J connectivity index is 2.78. The van der Waals surface area contributed by atoms with Crippen molar-refractivity contribution < 1.29 is 4.74 Å². The number of rotatable bonds is 7. The van der Waals surface area contributed by atoms with Crippen molar-refractivity contribution in [3.8, 4) is 5.75 Å². The normalized spacial score (nSPS) is 12.8. The van der Waals surface area contributed by atoms with Gasteiger partial charge in [0.05, 0.1) is 7.11 Å². The Labute approximate surface area is 105 Å². The molecule has 96 valence electrons. The Morgan fingerprint density at radius 1 is 1.29 bits per heavy atom. The molecule has 0 heterocycles. The van der Waals surface area contributed by atoms with Gasteiger partial charge in [-0.15, -0.1) is 0 Å². The molecule has 1 aromatic carbocycles. The second-order valence-corrected chi connectivity index (χ2v) is 4.91. The van der Waals surface area contributed by atoms with Crippen molar-refractivity contribution in [2.24, 2.45) is 5.92 Å². The van der Waals surface area contributed by atoms with Gasteiger partial charge in [-0.3, -0.25) is 0 Å². The zero-order chi connectivity index (χ0) is 12.7. The summed E-state index contributed by atoms with van der Waals surface area (Å²) in [7, 11) is 1.72. The highest BCUT2D eigenvalue weighted by Gasteiger charge is 2.12. The molecular weight excluding hydrogens is 210 g/mol. The van der Waals surface area contributed by atoms with Crippen molar-refractivity contribution in [1.82, 2.24) is 5.32 Å². The van der Waals surface area contributed by atoms with Crippen molar-refractivity contribution in [1.29, 1.82) is 0 Å². The summed E-state index contributed by atoms with van der Waals surface area (Å²) in [5.41, 5.74) is 1.33. The maximum Gasteiger partial charge on any atom is 0.119 e. The minimum absolute atomic E-state index is 0.435. The van der Waals surface area contributed by atoms with E-state index in [4.69, 9.17) is 4.74 Å². The molecule has 1 atom stereocenters. The topological polar surface area (TPSA) is 21.3 Å². The number of hydrogen-bond donors (Lipinski definition) is 1. The standard InChI is InChI=1S/C15H25NO/c1-5-9-16-15(10-12(2)3)13-7-6-8-14(11-13)17-4/h6-8,11-12,15-16H,5,9-10H2,1-4H3. The van der Waals surface area contributed by atoms with Gasteiger partial charge in [-0.1, -0.05) is 32.9 Å². The molecule has 17 heavy (non-hydrogen) atoms. The van der Waals surface area contributed by atoms with E-state index in [1.54, 1.807) is 7.11 Å². The molecule has 0 aliphatic rings. The van der Waals surface area contributed by atoms with Crippen molar-refractivity contribution in [2.75, 3.05) is 13.7 Å². The van der Waals surface area contributed by atoms with Crippen LogP contribution in [0.5, 0.6) is 5.75 Å². The number of nitrogens with one attached hydrogen (secondary N) is 1. The summed E-state index contributed by atoms with van der Waals surface area (Å²) in [5, 5.41) is 3.61. The summed E-state index contributed by atoms with van der Waals surface area (Å²) in [6, 6.07) is 8.81. The lowest BCUT2D eigenvalue weighted by Crippen LogP contribution is -2.23. The van der Waals surface area contributed by atoms with E-state index in [-0.39, 0.29) is 0 Å². The monoisotopic (exact) mass is 235 g/mol. The molecule has 0 bridgehead atoms. The summed E-state index contributed by atoms with van der Waals surface area (Å²) in [4.78, 5) is 0. The van der Waals surface area contributed by atoms with Gasteiger partial charge < -0.3 is 10.1 Å². The molecule has 1 rings (SSSR count). The highest BCUT2D eigenvalue weighted by Crippen LogP contribution is 2.24. The maximum absolute atomic E-state index is 5.29. The highest BCUT2D eigenvalue weighted by molar-refractivity contribution is 5.30. The zero-order valence-corrected chi connectivity index (χ0v) is 11.5. The first-order valence-electron chi connectivity index (χ1n) is 6.54. The van der Waals surface area contributed by atoms with Crippen LogP contribution in [0.4, 0.5) is 0 Å². The fraction of sp³-hybridized carbons (Fsp3) is 0.600. The summed E-state index contributed by atoms with van der Waals surface area (Å²) < 4.78 is 5.29. The summed E-state index contributed by atoms with van der Waals surface area (Å²) >= 11 is 0. The lowest BCUT2D eigenvalue weighted by atomic mass is 9.96. The number of benzene rings is 1. The van der Waals surface area contributed by atoms with Crippen LogP contribution in [-0.2, 0) is 0 Å². The van der Waals surface area contributed by atoms with Crippen LogP contribution < -0.4 is 10.1 Å². The molecule has 1 N–H and O–H groups in total. The second-order valence-electron chi connectivity index (χ2n) is 4.91. The van der Waals surface area contributed by atoms with E-state index in [1.165, 1.54) is 12.0 Å². The first-order chi connectivity index (χ1) is 8.17. The van der Waals surface area contributed by atoms with E-state index in [0.717, 1.165) is 18.7 Å². The molecule has 0 spiro atoms. The average molecular weight is 235 g/mol. The van der Waals surface area contributed by atoms with Crippen LogP contribution in [0.3, 0.4) is 0 Å². The van der Waals surface area contributed by atoms with Gasteiger partial charge in [-0.25, -0.2) is 0 Å². The smallest absolute Gasteiger partial charge is 0.119 e. The summed E-state index contributed by atoms with van der Waals surface area (Å²) in [6.45, 7) is 7.79. The lowest BCUT2D eigenvalue weighted by molar-refractivity contribution is 0.407. The maximum atomic E-state index is 5.29. The highest BCUT2D eigenvalue weighted by atomic mass is 16.5. The van der Waals surface area contributed by atoms with E-state index in [1.807, 2.05) is 6.07 Å². The molecule has 0 amide bonds. The van der Waals surface area contributed by atoms with E-state index in [2.05, 4.69) is 44.3 Å². The molecule has 0 aromatic heterocycles. The fourth-order valence-corrected chi connectivity index (χ4v) is 1.99. The fourth-order valence-electron chi connectivity index (χ4n) is 1.99. The van der Waals surface area contributed by atoms with Gasteiger partial charge in [0.2, 0.25) is 0 Å². The van der Waals surface area contributed by atoms with Gasteiger partial charge in [-0.2, -0.15) is 0 Å². The largest absolute Gasteiger partial charge is 0.497 e. The molecule has 0 fully saturated rings. The van der Waals surface area contributed by atoms with Crippen molar-refractivity contribution in [3.63, 3.8) is 0 Å². The minimum atomic E-state index is 0.435. The molecule has 2 nitrogen and oxygen atoms in total. The van der Waals surface area contributed by atoms with Crippen LogP contribution in [0.2, 0.25) is 0 Å². The van der Waals surface area contributed by atoms with Crippen LogP contribution in [0.1, 0.15) is 45.2 Å². The van der Waals surface area contributed by atoms with Crippen LogP contribution in [-0.4, -0.2) is 13.7 Å². The molecule has 0 saturated carbocycles. The first kappa shape index (κ1) is 14.0. The van der Waals surface area contributed by atoms with Crippen molar-refractivity contribution >= 4 is 0 Å². The molecule has 0 radical (unpaired) electrons. The zero-order valence-electron chi connectivity index (χ0n) is 11.5. The number of methoxy groups -OCH3 is 1. The number of hydrogen-bond acceptors (Lipinski definition) is 2. The SMILES string of the molecule is CCCNC(CC(C)C)c1cccc(OC)c1. The Morgan fingerprint density at radius 2 is 2.06 bits per heavy atom. The van der Waals surface area contributed by atoms with Crippen LogP contribution >= 0.6 is 0 Å². The van der Waals surface area contributed by atoms with E-state index < -0.39 is 0 Å². The minimum Gasteiger partial charge on any atom is -0.497 e. The van der Waals surface area contributed by atoms with Crippen molar-refractivity contribution in [3.05, 3.63) is 29.8 Å². The van der Waals surface area contributed by atoms with Gasteiger partial charge in [-0.05, 0) is 43.0 Å². The predicted octanol–water partition coefficient (Wildman–Crippen LogP) is 3.78. The Hall–Kier alpha value is -1.02. The third kappa shape index (κ3) is 4.78. The second kappa shape index (κ2) is 7.33. The Morgan fingerprint density at radius 3 is 2.65 bits per heavy atom. The van der Waals surface area contributed by atoms with Gasteiger partial charge in [0.1, 0.15) is 5.75 Å². The van der Waals surface area contributed by atoms with E-state index in [9.17, 15) is 0 Å². The molecule has 0 saturated heterocycles. The van der Waals surface area contributed by atoms with Crippen LogP contribution in [0.25, 0.3) is 0 Å².